The number of aromatic nitrogens is 1. The maximum Gasteiger partial charge on any atom is 0.325 e. The molecule has 2 saturated heterocycles. The lowest BCUT2D eigenvalue weighted by atomic mass is 9.76. The molecule has 208 valence electrons. The van der Waals surface area contributed by atoms with Crippen LogP contribution in [-0.2, 0) is 33.6 Å². The number of nitrogens with one attached hydrogen (secondary N) is 2. The van der Waals surface area contributed by atoms with Crippen LogP contribution < -0.4 is 10.2 Å². The van der Waals surface area contributed by atoms with Crippen LogP contribution >= 0.6 is 0 Å². The number of amides is 2. The molecule has 3 N–H and O–H groups in total. The summed E-state index contributed by atoms with van der Waals surface area (Å²) >= 11 is 0. The first-order valence-electron chi connectivity index (χ1n) is 14.2. The van der Waals surface area contributed by atoms with Crippen molar-refractivity contribution in [2.75, 3.05) is 4.90 Å². The number of carboxylic acids is 1. The van der Waals surface area contributed by atoms with E-state index in [4.69, 9.17) is 0 Å². The van der Waals surface area contributed by atoms with E-state index >= 15 is 0 Å². The zero-order valence-corrected chi connectivity index (χ0v) is 23.1. The molecule has 4 aromatic rings. The molecule has 2 amide bonds. The van der Waals surface area contributed by atoms with Crippen molar-refractivity contribution in [3.05, 3.63) is 107 Å². The third-order valence-electron chi connectivity index (χ3n) is 8.70. The van der Waals surface area contributed by atoms with Gasteiger partial charge in [-0.25, -0.2) is 4.90 Å². The molecule has 7 nitrogen and oxygen atoms in total. The average molecular weight is 548 g/mol. The van der Waals surface area contributed by atoms with Gasteiger partial charge in [-0.1, -0.05) is 92.7 Å². The van der Waals surface area contributed by atoms with Gasteiger partial charge in [0.15, 0.2) is 0 Å². The number of aromatic amines is 1. The van der Waals surface area contributed by atoms with Crippen molar-refractivity contribution in [2.24, 2.45) is 11.8 Å². The number of rotatable bonds is 8. The van der Waals surface area contributed by atoms with Crippen LogP contribution in [0.3, 0.4) is 0 Å². The Morgan fingerprint density at radius 2 is 1.59 bits per heavy atom. The monoisotopic (exact) mass is 547 g/mol. The van der Waals surface area contributed by atoms with Crippen LogP contribution in [0.1, 0.15) is 36.1 Å². The van der Waals surface area contributed by atoms with Crippen molar-refractivity contribution < 1.29 is 19.5 Å². The molecule has 2 aliphatic rings. The van der Waals surface area contributed by atoms with E-state index < -0.39 is 35.3 Å². The lowest BCUT2D eigenvalue weighted by molar-refractivity contribution is -0.148. The number of aliphatic carboxylic acids is 1. The van der Waals surface area contributed by atoms with Gasteiger partial charge in [-0.05, 0) is 41.2 Å². The molecular formula is C34H33N3O4. The summed E-state index contributed by atoms with van der Waals surface area (Å²) in [4.78, 5) is 46.6. The van der Waals surface area contributed by atoms with Gasteiger partial charge in [-0.3, -0.25) is 19.7 Å². The molecule has 0 radical (unpaired) electrons. The van der Waals surface area contributed by atoms with E-state index in [2.05, 4.69) is 10.3 Å². The minimum absolute atomic E-state index is 0.0477. The molecule has 4 unspecified atom stereocenters. The van der Waals surface area contributed by atoms with Crippen molar-refractivity contribution >= 4 is 40.4 Å². The number of anilines is 1. The minimum Gasteiger partial charge on any atom is -0.480 e. The molecule has 0 saturated carbocycles. The second-order valence-electron chi connectivity index (χ2n) is 10.9. The topological polar surface area (TPSA) is 102 Å². The van der Waals surface area contributed by atoms with Crippen LogP contribution in [-0.4, -0.2) is 39.5 Å². The number of carbonyl (C=O) groups excluding carboxylic acids is 2. The van der Waals surface area contributed by atoms with Gasteiger partial charge in [0, 0.05) is 29.6 Å². The molecule has 0 spiro atoms. The Labute approximate surface area is 238 Å². The van der Waals surface area contributed by atoms with E-state index in [1.807, 2.05) is 98.8 Å². The van der Waals surface area contributed by atoms with Crippen molar-refractivity contribution in [1.29, 1.82) is 0 Å². The molecule has 0 aliphatic carbocycles. The predicted octanol–water partition coefficient (Wildman–Crippen LogP) is 5.15. The number of carbonyl (C=O) groups is 3. The third kappa shape index (κ3) is 4.28. The number of carboxylic acid groups (broad SMARTS) is 1. The number of nitrogens with zero attached hydrogens (tertiary/aromatic N) is 1. The van der Waals surface area contributed by atoms with Gasteiger partial charge in [0.1, 0.15) is 5.54 Å². The fourth-order valence-electron chi connectivity index (χ4n) is 6.73. The molecule has 41 heavy (non-hydrogen) atoms. The molecule has 6 rings (SSSR count). The van der Waals surface area contributed by atoms with Gasteiger partial charge >= 0.3 is 5.97 Å². The Morgan fingerprint density at radius 3 is 2.27 bits per heavy atom. The quantitative estimate of drug-likeness (QED) is 0.265. The number of H-pyrrole nitrogens is 1. The van der Waals surface area contributed by atoms with Gasteiger partial charge in [0.25, 0.3) is 0 Å². The van der Waals surface area contributed by atoms with E-state index in [9.17, 15) is 19.5 Å². The first-order valence-corrected chi connectivity index (χ1v) is 14.2. The normalized spacial score (nSPS) is 24.0. The number of hydrogen-bond donors (Lipinski definition) is 3. The van der Waals surface area contributed by atoms with E-state index in [-0.39, 0.29) is 12.3 Å². The van der Waals surface area contributed by atoms with Gasteiger partial charge < -0.3 is 10.1 Å². The Morgan fingerprint density at radius 1 is 0.902 bits per heavy atom. The highest BCUT2D eigenvalue weighted by molar-refractivity contribution is 6.25. The summed E-state index contributed by atoms with van der Waals surface area (Å²) in [6, 6.07) is 22.5. The van der Waals surface area contributed by atoms with Crippen LogP contribution in [0.5, 0.6) is 0 Å². The second kappa shape index (κ2) is 10.5. The summed E-state index contributed by atoms with van der Waals surface area (Å²) in [5.41, 5.74) is 3.31. The highest BCUT2D eigenvalue weighted by atomic mass is 16.4. The second-order valence-corrected chi connectivity index (χ2v) is 10.9. The van der Waals surface area contributed by atoms with Crippen molar-refractivity contribution in [1.82, 2.24) is 10.3 Å². The van der Waals surface area contributed by atoms with E-state index in [1.54, 1.807) is 6.20 Å². The zero-order valence-electron chi connectivity index (χ0n) is 23.1. The van der Waals surface area contributed by atoms with Crippen molar-refractivity contribution in [2.45, 2.75) is 44.7 Å². The fourth-order valence-corrected chi connectivity index (χ4v) is 6.73. The fraction of sp³-hybridized carbons (Fsp3) is 0.265. The molecule has 2 fully saturated rings. The van der Waals surface area contributed by atoms with Crippen LogP contribution in [0.4, 0.5) is 5.69 Å². The van der Waals surface area contributed by atoms with Gasteiger partial charge in [0.05, 0.1) is 17.5 Å². The predicted molar refractivity (Wildman–Crippen MR) is 159 cm³/mol. The zero-order chi connectivity index (χ0) is 28.7. The van der Waals surface area contributed by atoms with Crippen LogP contribution in [0, 0.1) is 11.8 Å². The molecule has 3 heterocycles. The van der Waals surface area contributed by atoms with Crippen molar-refractivity contribution in [3.63, 3.8) is 0 Å². The minimum atomic E-state index is -1.68. The summed E-state index contributed by atoms with van der Waals surface area (Å²) in [5.74, 6) is -3.90. The lowest BCUT2D eigenvalue weighted by Gasteiger charge is -2.31. The number of fused-ring (bicyclic) bond motifs is 2. The van der Waals surface area contributed by atoms with Crippen LogP contribution in [0.15, 0.2) is 85.1 Å². The van der Waals surface area contributed by atoms with E-state index in [1.165, 1.54) is 4.90 Å². The summed E-state index contributed by atoms with van der Waals surface area (Å²) in [5, 5.41) is 15.1. The number of imide groups is 1. The lowest BCUT2D eigenvalue weighted by Crippen LogP contribution is -2.58. The number of benzene rings is 3. The smallest absolute Gasteiger partial charge is 0.325 e. The first-order chi connectivity index (χ1) is 19.9. The third-order valence-corrected chi connectivity index (χ3v) is 8.70. The molecule has 2 aliphatic heterocycles. The Kier molecular flexibility index (Phi) is 6.83. The molecule has 1 aromatic heterocycles. The maximum atomic E-state index is 14.4. The van der Waals surface area contributed by atoms with Crippen molar-refractivity contribution in [3.8, 4) is 0 Å². The van der Waals surface area contributed by atoms with Gasteiger partial charge in [-0.15, -0.1) is 0 Å². The Balaban J connectivity index is 1.50. The molecule has 4 atom stereocenters. The molecule has 3 aromatic carbocycles. The number of aryl methyl sites for hydroxylation is 2. The van der Waals surface area contributed by atoms with E-state index in [0.29, 0.717) is 18.5 Å². The standard InChI is InChI=1S/C34H33N3O4/c1-3-22-13-10-14-23(4-2)30(22)37-31(38)28-27(18-17-21-11-6-5-7-12-21)36-34(33(40)41,29(28)32(37)39)19-24-20-35-26-16-9-8-15-25(24)26/h5-18,20,27-29,35-36H,3-4,19H2,1-2H3,(H,40,41)/b18-17+. The summed E-state index contributed by atoms with van der Waals surface area (Å²) in [6.07, 6.45) is 6.87. The molecular weight excluding hydrogens is 514 g/mol. The Bertz CT molecular complexity index is 1650. The molecule has 7 heteroatoms. The van der Waals surface area contributed by atoms with Crippen LogP contribution in [0.25, 0.3) is 17.0 Å². The highest BCUT2D eigenvalue weighted by Gasteiger charge is 2.68. The average Bonchev–Trinajstić information content (AvgIpc) is 3.63. The summed E-state index contributed by atoms with van der Waals surface area (Å²) in [6.45, 7) is 3.99. The SMILES string of the molecule is CCc1cccc(CC)c1N1C(=O)C2C(/C=C/c3ccccc3)NC(Cc3c[nH]c4ccccc34)(C(=O)O)C2C1=O. The maximum absolute atomic E-state index is 14.4. The van der Waals surface area contributed by atoms with Gasteiger partial charge in [-0.2, -0.15) is 0 Å². The first kappa shape index (κ1) is 26.7. The summed E-state index contributed by atoms with van der Waals surface area (Å²) in [7, 11) is 0. The summed E-state index contributed by atoms with van der Waals surface area (Å²) < 4.78 is 0. The Hall–Kier alpha value is -4.49. The van der Waals surface area contributed by atoms with Gasteiger partial charge in [0.2, 0.25) is 11.8 Å². The molecule has 0 bridgehead atoms. The largest absolute Gasteiger partial charge is 0.480 e. The van der Waals surface area contributed by atoms with E-state index in [0.717, 1.165) is 33.2 Å². The number of para-hydroxylation sites is 2. The highest BCUT2D eigenvalue weighted by Crippen LogP contribution is 2.48. The van der Waals surface area contributed by atoms with Crippen LogP contribution in [0.2, 0.25) is 0 Å². The number of hydrogen-bond acceptors (Lipinski definition) is 4.